The maximum absolute atomic E-state index is 15.7. The molecule has 7 nitrogen and oxygen atoms in total. The van der Waals surface area contributed by atoms with Gasteiger partial charge in [0.05, 0.1) is 23.7 Å². The molecule has 2 unspecified atom stereocenters. The van der Waals surface area contributed by atoms with E-state index in [2.05, 4.69) is 9.97 Å². The third-order valence-corrected chi connectivity index (χ3v) is 7.94. The lowest BCUT2D eigenvalue weighted by atomic mass is 9.99. The Labute approximate surface area is 186 Å². The Bertz CT molecular complexity index is 1200. The highest BCUT2D eigenvalue weighted by molar-refractivity contribution is 7.89. The Morgan fingerprint density at radius 1 is 1.00 bits per heavy atom. The van der Waals surface area contributed by atoms with Crippen molar-refractivity contribution in [1.82, 2.24) is 14.3 Å². The molecule has 2 fully saturated rings. The van der Waals surface area contributed by atoms with Crippen LogP contribution >= 0.6 is 0 Å². The molecule has 9 heteroatoms. The minimum atomic E-state index is -3.89. The van der Waals surface area contributed by atoms with Crippen LogP contribution in [0.3, 0.4) is 0 Å². The highest BCUT2D eigenvalue weighted by Gasteiger charge is 2.57. The third-order valence-electron chi connectivity index (χ3n) is 6.01. The quantitative estimate of drug-likeness (QED) is 0.603. The minimum absolute atomic E-state index is 0.0565. The first-order valence-corrected chi connectivity index (χ1v) is 11.9. The van der Waals surface area contributed by atoms with Crippen molar-refractivity contribution in [2.24, 2.45) is 0 Å². The SMILES string of the molecule is O=S(=O)(c1ccccc1)N1CCOC12CCN(c1nccc(-c3ccccc3)n1)CC2F. The molecule has 0 radical (unpaired) electrons. The number of hydrogen-bond donors (Lipinski definition) is 0. The lowest BCUT2D eigenvalue weighted by Gasteiger charge is -2.45. The molecule has 32 heavy (non-hydrogen) atoms. The summed E-state index contributed by atoms with van der Waals surface area (Å²) in [4.78, 5) is 10.8. The fourth-order valence-electron chi connectivity index (χ4n) is 4.38. The highest BCUT2D eigenvalue weighted by Crippen LogP contribution is 2.40. The molecule has 2 atom stereocenters. The number of piperidine rings is 1. The van der Waals surface area contributed by atoms with E-state index in [9.17, 15) is 8.42 Å². The molecule has 3 aromatic rings. The average molecular weight is 455 g/mol. The normalized spacial score (nSPS) is 24.2. The number of anilines is 1. The Kier molecular flexibility index (Phi) is 5.40. The van der Waals surface area contributed by atoms with E-state index in [1.165, 1.54) is 16.4 Å². The molecule has 1 aromatic heterocycles. The number of rotatable bonds is 4. The van der Waals surface area contributed by atoms with Gasteiger partial charge in [-0.1, -0.05) is 48.5 Å². The van der Waals surface area contributed by atoms with E-state index >= 15 is 4.39 Å². The number of benzene rings is 2. The first-order valence-electron chi connectivity index (χ1n) is 10.5. The van der Waals surface area contributed by atoms with Gasteiger partial charge in [0.15, 0.2) is 11.9 Å². The zero-order chi connectivity index (χ0) is 22.2. The summed E-state index contributed by atoms with van der Waals surface area (Å²) in [5.74, 6) is 0.416. The fraction of sp³-hybridized carbons (Fsp3) is 0.304. The molecule has 0 bridgehead atoms. The van der Waals surface area contributed by atoms with Crippen molar-refractivity contribution in [1.29, 1.82) is 0 Å². The summed E-state index contributed by atoms with van der Waals surface area (Å²) in [6.07, 6.45) is 0.279. The summed E-state index contributed by atoms with van der Waals surface area (Å²) in [5.41, 5.74) is 0.180. The fourth-order valence-corrected chi connectivity index (χ4v) is 6.12. The van der Waals surface area contributed by atoms with Gasteiger partial charge >= 0.3 is 0 Å². The van der Waals surface area contributed by atoms with Crippen LogP contribution in [0.4, 0.5) is 10.3 Å². The second kappa shape index (κ2) is 8.23. The summed E-state index contributed by atoms with van der Waals surface area (Å²) < 4.78 is 49.2. The Morgan fingerprint density at radius 2 is 1.72 bits per heavy atom. The van der Waals surface area contributed by atoms with Gasteiger partial charge in [-0.05, 0) is 18.2 Å². The summed E-state index contributed by atoms with van der Waals surface area (Å²) in [7, 11) is -3.89. The molecule has 1 spiro atoms. The second-order valence-corrected chi connectivity index (χ2v) is 9.72. The van der Waals surface area contributed by atoms with Crippen LogP contribution in [0.5, 0.6) is 0 Å². The summed E-state index contributed by atoms with van der Waals surface area (Å²) in [6.45, 7) is 0.600. The predicted molar refractivity (Wildman–Crippen MR) is 118 cm³/mol. The van der Waals surface area contributed by atoms with E-state index in [0.717, 1.165) is 11.3 Å². The van der Waals surface area contributed by atoms with Crippen molar-refractivity contribution >= 4 is 16.0 Å². The number of sulfonamides is 1. The minimum Gasteiger partial charge on any atom is -0.355 e. The van der Waals surface area contributed by atoms with Gasteiger partial charge in [-0.2, -0.15) is 4.31 Å². The largest absolute Gasteiger partial charge is 0.355 e. The second-order valence-electron chi connectivity index (χ2n) is 7.85. The Balaban J connectivity index is 1.40. The molecule has 0 amide bonds. The lowest BCUT2D eigenvalue weighted by Crippen LogP contribution is -2.62. The van der Waals surface area contributed by atoms with E-state index in [0.29, 0.717) is 12.5 Å². The smallest absolute Gasteiger partial charge is 0.245 e. The van der Waals surface area contributed by atoms with Gasteiger partial charge in [0.1, 0.15) is 0 Å². The number of ether oxygens (including phenoxy) is 1. The van der Waals surface area contributed by atoms with Crippen LogP contribution in [-0.4, -0.2) is 60.8 Å². The van der Waals surface area contributed by atoms with Gasteiger partial charge in [0.25, 0.3) is 0 Å². The highest BCUT2D eigenvalue weighted by atomic mass is 32.2. The zero-order valence-corrected chi connectivity index (χ0v) is 18.2. The molecule has 2 aliphatic heterocycles. The molecule has 0 saturated carbocycles. The van der Waals surface area contributed by atoms with Crippen molar-refractivity contribution in [2.75, 3.05) is 31.1 Å². The van der Waals surface area contributed by atoms with Gasteiger partial charge in [-0.25, -0.2) is 22.8 Å². The van der Waals surface area contributed by atoms with Crippen LogP contribution in [0.2, 0.25) is 0 Å². The molecule has 0 aliphatic carbocycles. The summed E-state index contributed by atoms with van der Waals surface area (Å²) >= 11 is 0. The number of alkyl halides is 1. The molecule has 3 heterocycles. The van der Waals surface area contributed by atoms with E-state index in [-0.39, 0.29) is 31.0 Å². The van der Waals surface area contributed by atoms with E-state index in [1.807, 2.05) is 36.4 Å². The van der Waals surface area contributed by atoms with Crippen LogP contribution in [0.15, 0.2) is 77.8 Å². The summed E-state index contributed by atoms with van der Waals surface area (Å²) in [6, 6.07) is 19.6. The van der Waals surface area contributed by atoms with Gasteiger partial charge < -0.3 is 9.64 Å². The lowest BCUT2D eigenvalue weighted by molar-refractivity contribution is -0.116. The maximum atomic E-state index is 15.7. The van der Waals surface area contributed by atoms with E-state index < -0.39 is 21.9 Å². The van der Waals surface area contributed by atoms with Crippen LogP contribution in [0.1, 0.15) is 6.42 Å². The first-order chi connectivity index (χ1) is 15.5. The Hall–Kier alpha value is -2.88. The molecule has 166 valence electrons. The number of aromatic nitrogens is 2. The molecule has 5 rings (SSSR count). The van der Waals surface area contributed by atoms with Crippen LogP contribution in [-0.2, 0) is 14.8 Å². The van der Waals surface area contributed by atoms with Crippen molar-refractivity contribution < 1.29 is 17.5 Å². The molecule has 2 aliphatic rings. The van der Waals surface area contributed by atoms with E-state index in [1.54, 1.807) is 29.3 Å². The third kappa shape index (κ3) is 3.56. The first kappa shape index (κ1) is 21.0. The summed E-state index contributed by atoms with van der Waals surface area (Å²) in [5, 5.41) is 0. The zero-order valence-electron chi connectivity index (χ0n) is 17.3. The standard InChI is InChI=1S/C23H23FN4O3S/c24-21-17-27(22-25-13-11-20(26-22)18-7-3-1-4-8-18)14-12-23(21)28(15-16-31-23)32(29,30)19-9-5-2-6-10-19/h1-11,13,21H,12,14-17H2. The number of halogens is 1. The molecular weight excluding hydrogens is 431 g/mol. The predicted octanol–water partition coefficient (Wildman–Crippen LogP) is 3.11. The van der Waals surface area contributed by atoms with Crippen LogP contribution in [0.25, 0.3) is 11.3 Å². The van der Waals surface area contributed by atoms with Crippen molar-refractivity contribution in [3.05, 3.63) is 72.9 Å². The molecule has 0 N–H and O–H groups in total. The topological polar surface area (TPSA) is 75.6 Å². The molecular formula is C23H23FN4O3S. The van der Waals surface area contributed by atoms with Crippen molar-refractivity contribution in [2.45, 2.75) is 23.2 Å². The number of nitrogens with zero attached hydrogens (tertiary/aromatic N) is 4. The van der Waals surface area contributed by atoms with Crippen molar-refractivity contribution in [3.8, 4) is 11.3 Å². The Morgan fingerprint density at radius 3 is 2.44 bits per heavy atom. The molecule has 2 saturated heterocycles. The van der Waals surface area contributed by atoms with E-state index in [4.69, 9.17) is 4.74 Å². The molecule has 2 aromatic carbocycles. The van der Waals surface area contributed by atoms with Gasteiger partial charge in [-0.3, -0.25) is 0 Å². The van der Waals surface area contributed by atoms with Crippen molar-refractivity contribution in [3.63, 3.8) is 0 Å². The van der Waals surface area contributed by atoms with Gasteiger partial charge in [0.2, 0.25) is 16.0 Å². The van der Waals surface area contributed by atoms with Crippen LogP contribution < -0.4 is 4.90 Å². The maximum Gasteiger partial charge on any atom is 0.245 e. The van der Waals surface area contributed by atoms with Gasteiger partial charge in [-0.15, -0.1) is 0 Å². The monoisotopic (exact) mass is 454 g/mol. The number of hydrogen-bond acceptors (Lipinski definition) is 6. The average Bonchev–Trinajstić information content (AvgIpc) is 3.28. The van der Waals surface area contributed by atoms with Gasteiger partial charge in [0, 0.05) is 31.3 Å². The van der Waals surface area contributed by atoms with Crippen LogP contribution in [0, 0.1) is 0 Å².